The summed E-state index contributed by atoms with van der Waals surface area (Å²) in [5, 5.41) is 2.80. The summed E-state index contributed by atoms with van der Waals surface area (Å²) in [6, 6.07) is 25.2. The van der Waals surface area contributed by atoms with Gasteiger partial charge >= 0.3 is 6.09 Å². The van der Waals surface area contributed by atoms with E-state index in [4.69, 9.17) is 4.74 Å². The molecule has 0 fully saturated rings. The highest BCUT2D eigenvalue weighted by Gasteiger charge is 2.37. The van der Waals surface area contributed by atoms with Crippen molar-refractivity contribution in [2.75, 3.05) is 6.54 Å². The van der Waals surface area contributed by atoms with Gasteiger partial charge in [0.05, 0.1) is 11.1 Å². The molecule has 1 unspecified atom stereocenters. The average molecular weight is 499 g/mol. The van der Waals surface area contributed by atoms with E-state index < -0.39 is 0 Å². The highest BCUT2D eigenvalue weighted by molar-refractivity contribution is 6.21. The molecule has 3 aromatic carbocycles. The second kappa shape index (κ2) is 12.9. The highest BCUT2D eigenvalue weighted by atomic mass is 16.5. The number of carbonyl (C=O) groups excluding carboxylic acids is 3. The molecule has 0 bridgehead atoms. The van der Waals surface area contributed by atoms with Crippen LogP contribution in [0.1, 0.15) is 70.0 Å². The van der Waals surface area contributed by atoms with Crippen molar-refractivity contribution in [3.63, 3.8) is 0 Å². The first kappa shape index (κ1) is 26.1. The quantitative estimate of drug-likeness (QED) is 0.248. The normalized spacial score (nSPS) is 13.4. The molecular weight excluding hydrogens is 464 g/mol. The van der Waals surface area contributed by atoms with Crippen LogP contribution in [0.2, 0.25) is 0 Å². The Morgan fingerprint density at radius 3 is 1.95 bits per heavy atom. The molecular formula is C31H34N2O4. The third-order valence-electron chi connectivity index (χ3n) is 6.75. The average Bonchev–Trinajstić information content (AvgIpc) is 3.18. The Morgan fingerprint density at radius 2 is 1.32 bits per heavy atom. The molecule has 1 aliphatic heterocycles. The number of benzene rings is 3. The predicted octanol–water partition coefficient (Wildman–Crippen LogP) is 5.94. The molecule has 0 saturated carbocycles. The van der Waals surface area contributed by atoms with E-state index >= 15 is 0 Å². The Balaban J connectivity index is 1.10. The molecule has 0 aliphatic carbocycles. The molecule has 3 amide bonds. The van der Waals surface area contributed by atoms with Gasteiger partial charge in [0.1, 0.15) is 6.61 Å². The van der Waals surface area contributed by atoms with Gasteiger partial charge in [-0.2, -0.15) is 0 Å². The largest absolute Gasteiger partial charge is 0.445 e. The molecule has 1 aliphatic rings. The number of amides is 3. The van der Waals surface area contributed by atoms with E-state index in [9.17, 15) is 14.4 Å². The van der Waals surface area contributed by atoms with Crippen LogP contribution < -0.4 is 5.32 Å². The Labute approximate surface area is 218 Å². The zero-order valence-electron chi connectivity index (χ0n) is 21.3. The summed E-state index contributed by atoms with van der Waals surface area (Å²) in [4.78, 5) is 38.5. The molecule has 1 atom stereocenters. The summed E-state index contributed by atoms with van der Waals surface area (Å²) < 4.78 is 5.22. The maximum atomic E-state index is 12.6. The van der Waals surface area contributed by atoms with Gasteiger partial charge in [0.25, 0.3) is 11.8 Å². The zero-order valence-corrected chi connectivity index (χ0v) is 21.3. The van der Waals surface area contributed by atoms with E-state index in [1.54, 1.807) is 24.3 Å². The zero-order chi connectivity index (χ0) is 26.0. The monoisotopic (exact) mass is 498 g/mol. The van der Waals surface area contributed by atoms with Gasteiger partial charge in [-0.3, -0.25) is 14.5 Å². The summed E-state index contributed by atoms with van der Waals surface area (Å²) in [5.74, 6) is -0.367. The molecule has 37 heavy (non-hydrogen) atoms. The van der Waals surface area contributed by atoms with Crippen molar-refractivity contribution in [1.82, 2.24) is 10.2 Å². The molecule has 6 heteroatoms. The fraction of sp³-hybridized carbons (Fsp3) is 0.323. The maximum absolute atomic E-state index is 12.6. The molecule has 0 aromatic heterocycles. The van der Waals surface area contributed by atoms with Crippen LogP contribution >= 0.6 is 0 Å². The van der Waals surface area contributed by atoms with Gasteiger partial charge in [0, 0.05) is 12.6 Å². The van der Waals surface area contributed by atoms with Crippen LogP contribution in [0.25, 0.3) is 0 Å². The number of ether oxygens (including phenoxy) is 1. The van der Waals surface area contributed by atoms with Gasteiger partial charge in [0.15, 0.2) is 0 Å². The Morgan fingerprint density at radius 1 is 0.757 bits per heavy atom. The van der Waals surface area contributed by atoms with Gasteiger partial charge in [-0.1, -0.05) is 66.7 Å². The van der Waals surface area contributed by atoms with Crippen LogP contribution in [-0.4, -0.2) is 35.4 Å². The van der Waals surface area contributed by atoms with Crippen molar-refractivity contribution in [1.29, 1.82) is 0 Å². The standard InChI is InChI=1S/C31H34N2O4/c1-23(33-29(34)27-15-5-6-16-28(27)30(33)35)10-9-14-25-19-17-24(18-20-25)11-7-8-21-32-31(36)37-22-26-12-3-2-4-13-26/h2-6,12-13,15-20,23H,7-11,14,21-22H2,1H3,(H,32,36). The summed E-state index contributed by atoms with van der Waals surface area (Å²) in [5.41, 5.74) is 4.51. The number of alkyl carbamates (subject to hydrolysis) is 1. The van der Waals surface area contributed by atoms with E-state index in [1.807, 2.05) is 37.3 Å². The Kier molecular flexibility index (Phi) is 9.08. The minimum absolute atomic E-state index is 0.129. The van der Waals surface area contributed by atoms with Gasteiger partial charge < -0.3 is 10.1 Å². The van der Waals surface area contributed by atoms with Crippen LogP contribution in [0.15, 0.2) is 78.9 Å². The number of unbranched alkanes of at least 4 members (excludes halogenated alkanes) is 1. The fourth-order valence-electron chi connectivity index (χ4n) is 4.63. The Hall–Kier alpha value is -3.93. The lowest BCUT2D eigenvalue weighted by molar-refractivity contribution is 0.0588. The SMILES string of the molecule is CC(CCCc1ccc(CCCCNC(=O)OCc2ccccc2)cc1)N1C(=O)c2ccccc2C1=O. The van der Waals surface area contributed by atoms with Crippen LogP contribution in [0.3, 0.4) is 0 Å². The smallest absolute Gasteiger partial charge is 0.407 e. The van der Waals surface area contributed by atoms with Crippen molar-refractivity contribution in [3.8, 4) is 0 Å². The van der Waals surface area contributed by atoms with E-state index in [2.05, 4.69) is 29.6 Å². The molecule has 0 radical (unpaired) electrons. The number of nitrogens with one attached hydrogen (secondary N) is 1. The molecule has 1 heterocycles. The summed E-state index contributed by atoms with van der Waals surface area (Å²) in [7, 11) is 0. The molecule has 3 aromatic rings. The number of imide groups is 1. The number of rotatable bonds is 12. The number of hydrogen-bond acceptors (Lipinski definition) is 4. The highest BCUT2D eigenvalue weighted by Crippen LogP contribution is 2.26. The molecule has 192 valence electrons. The third-order valence-corrected chi connectivity index (χ3v) is 6.75. The third kappa shape index (κ3) is 7.06. The predicted molar refractivity (Wildman–Crippen MR) is 143 cm³/mol. The first-order chi connectivity index (χ1) is 18.0. The second-order valence-corrected chi connectivity index (χ2v) is 9.53. The molecule has 6 nitrogen and oxygen atoms in total. The number of aryl methyl sites for hydroxylation is 2. The lowest BCUT2D eigenvalue weighted by Gasteiger charge is -2.22. The lowest BCUT2D eigenvalue weighted by atomic mass is 10.0. The van der Waals surface area contributed by atoms with Crippen molar-refractivity contribution >= 4 is 17.9 Å². The summed E-state index contributed by atoms with van der Waals surface area (Å²) in [6.45, 7) is 2.82. The topological polar surface area (TPSA) is 75.7 Å². The van der Waals surface area contributed by atoms with Crippen molar-refractivity contribution < 1.29 is 19.1 Å². The Bertz CT molecular complexity index is 1170. The second-order valence-electron chi connectivity index (χ2n) is 9.53. The van der Waals surface area contributed by atoms with Crippen molar-refractivity contribution in [2.24, 2.45) is 0 Å². The van der Waals surface area contributed by atoms with E-state index in [0.717, 1.165) is 44.1 Å². The van der Waals surface area contributed by atoms with E-state index in [1.165, 1.54) is 16.0 Å². The lowest BCUT2D eigenvalue weighted by Crippen LogP contribution is -2.38. The fourth-order valence-corrected chi connectivity index (χ4v) is 4.63. The summed E-state index contributed by atoms with van der Waals surface area (Å²) in [6.07, 6.45) is 5.02. The van der Waals surface area contributed by atoms with Gasteiger partial charge in [-0.15, -0.1) is 0 Å². The number of nitrogens with zero attached hydrogens (tertiary/aromatic N) is 1. The van der Waals surface area contributed by atoms with Gasteiger partial charge in [0.2, 0.25) is 0 Å². The number of fused-ring (bicyclic) bond motifs is 1. The van der Waals surface area contributed by atoms with Crippen molar-refractivity contribution in [2.45, 2.75) is 58.1 Å². The minimum Gasteiger partial charge on any atom is -0.445 e. The van der Waals surface area contributed by atoms with E-state index in [-0.39, 0.29) is 30.6 Å². The minimum atomic E-state index is -0.384. The van der Waals surface area contributed by atoms with E-state index in [0.29, 0.717) is 17.7 Å². The van der Waals surface area contributed by atoms with Crippen molar-refractivity contribution in [3.05, 3.63) is 107 Å². The van der Waals surface area contributed by atoms with Crippen LogP contribution in [0, 0.1) is 0 Å². The van der Waals surface area contributed by atoms with Crippen LogP contribution in [-0.2, 0) is 24.2 Å². The summed E-state index contributed by atoms with van der Waals surface area (Å²) >= 11 is 0. The maximum Gasteiger partial charge on any atom is 0.407 e. The first-order valence-corrected chi connectivity index (χ1v) is 13.0. The molecule has 1 N–H and O–H groups in total. The molecule has 0 spiro atoms. The number of hydrogen-bond donors (Lipinski definition) is 1. The molecule has 0 saturated heterocycles. The van der Waals surface area contributed by atoms with Gasteiger partial charge in [-0.25, -0.2) is 4.79 Å². The first-order valence-electron chi connectivity index (χ1n) is 13.0. The van der Waals surface area contributed by atoms with Crippen LogP contribution in [0.4, 0.5) is 4.79 Å². The molecule has 4 rings (SSSR count). The number of carbonyl (C=O) groups is 3. The van der Waals surface area contributed by atoms with Gasteiger partial charge in [-0.05, 0) is 74.3 Å². The van der Waals surface area contributed by atoms with Crippen LogP contribution in [0.5, 0.6) is 0 Å².